The van der Waals surface area contributed by atoms with Crippen molar-refractivity contribution < 1.29 is 19.1 Å². The minimum Gasteiger partial charge on any atom is -0.454 e. The molecule has 1 fully saturated rings. The molecule has 3 amide bonds. The SMILES string of the molecule is Cc1ccc(-c2nc(CN3C(=O)NC(C)(c4ccc5c(c4)OCO5)C3=O)cs2)cc1. The Bertz CT molecular complexity index is 1160. The van der Waals surface area contributed by atoms with Crippen LogP contribution in [-0.4, -0.2) is 28.6 Å². The maximum Gasteiger partial charge on any atom is 0.325 e. The summed E-state index contributed by atoms with van der Waals surface area (Å²) in [6.45, 7) is 4.00. The number of carbonyl (C=O) groups excluding carboxylic acids is 2. The number of thiazole rings is 1. The molecule has 7 nitrogen and oxygen atoms in total. The van der Waals surface area contributed by atoms with Crippen LogP contribution in [0, 0.1) is 6.92 Å². The third-order valence-electron chi connectivity index (χ3n) is 5.40. The number of imide groups is 1. The van der Waals surface area contributed by atoms with Gasteiger partial charge in [-0.05, 0) is 31.5 Å². The Hall–Kier alpha value is -3.39. The molecule has 3 aromatic rings. The van der Waals surface area contributed by atoms with Gasteiger partial charge < -0.3 is 14.8 Å². The summed E-state index contributed by atoms with van der Waals surface area (Å²) in [7, 11) is 0. The number of benzene rings is 2. The van der Waals surface area contributed by atoms with Gasteiger partial charge in [-0.3, -0.25) is 9.69 Å². The van der Waals surface area contributed by atoms with Crippen LogP contribution < -0.4 is 14.8 Å². The molecular formula is C22H19N3O4S. The first-order valence-electron chi connectivity index (χ1n) is 9.50. The van der Waals surface area contributed by atoms with Gasteiger partial charge in [0.2, 0.25) is 6.79 Å². The lowest BCUT2D eigenvalue weighted by Crippen LogP contribution is -2.40. The number of fused-ring (bicyclic) bond motifs is 1. The van der Waals surface area contributed by atoms with Crippen LogP contribution in [0.15, 0.2) is 47.8 Å². The van der Waals surface area contributed by atoms with Crippen molar-refractivity contribution in [2.24, 2.45) is 0 Å². The molecule has 2 aliphatic rings. The monoisotopic (exact) mass is 421 g/mol. The first-order valence-corrected chi connectivity index (χ1v) is 10.4. The molecule has 152 valence electrons. The van der Waals surface area contributed by atoms with Gasteiger partial charge in [-0.15, -0.1) is 11.3 Å². The molecule has 2 aromatic carbocycles. The minimum atomic E-state index is -1.17. The van der Waals surface area contributed by atoms with E-state index in [1.165, 1.54) is 21.8 Å². The summed E-state index contributed by atoms with van der Waals surface area (Å²) in [5, 5.41) is 5.56. The molecule has 3 heterocycles. The summed E-state index contributed by atoms with van der Waals surface area (Å²) in [4.78, 5) is 31.7. The lowest BCUT2D eigenvalue weighted by atomic mass is 9.91. The number of urea groups is 1. The highest BCUT2D eigenvalue weighted by Gasteiger charge is 2.49. The first-order chi connectivity index (χ1) is 14.4. The molecule has 5 rings (SSSR count). The zero-order valence-corrected chi connectivity index (χ0v) is 17.3. The fraction of sp³-hybridized carbons (Fsp3) is 0.227. The maximum atomic E-state index is 13.2. The topological polar surface area (TPSA) is 80.8 Å². The van der Waals surface area contributed by atoms with Gasteiger partial charge in [-0.1, -0.05) is 35.9 Å². The maximum absolute atomic E-state index is 13.2. The number of amides is 3. The van der Waals surface area contributed by atoms with Crippen molar-refractivity contribution in [2.45, 2.75) is 25.9 Å². The predicted molar refractivity (Wildman–Crippen MR) is 111 cm³/mol. The Kier molecular flexibility index (Phi) is 4.25. The molecule has 0 radical (unpaired) electrons. The highest BCUT2D eigenvalue weighted by molar-refractivity contribution is 7.13. The molecule has 1 aromatic heterocycles. The normalized spacial score (nSPS) is 20.0. The van der Waals surface area contributed by atoms with Crippen LogP contribution in [-0.2, 0) is 16.9 Å². The van der Waals surface area contributed by atoms with Crippen molar-refractivity contribution in [3.63, 3.8) is 0 Å². The lowest BCUT2D eigenvalue weighted by molar-refractivity contribution is -0.131. The van der Waals surface area contributed by atoms with Crippen LogP contribution in [0.4, 0.5) is 4.79 Å². The smallest absolute Gasteiger partial charge is 0.325 e. The number of carbonyl (C=O) groups is 2. The Morgan fingerprint density at radius 1 is 1.13 bits per heavy atom. The fourth-order valence-electron chi connectivity index (χ4n) is 3.61. The van der Waals surface area contributed by atoms with Gasteiger partial charge in [-0.25, -0.2) is 9.78 Å². The van der Waals surface area contributed by atoms with Crippen LogP contribution in [0.5, 0.6) is 11.5 Å². The molecule has 0 spiro atoms. The van der Waals surface area contributed by atoms with E-state index in [9.17, 15) is 9.59 Å². The van der Waals surface area contributed by atoms with Crippen LogP contribution in [0.3, 0.4) is 0 Å². The van der Waals surface area contributed by atoms with E-state index < -0.39 is 11.6 Å². The largest absolute Gasteiger partial charge is 0.454 e. The van der Waals surface area contributed by atoms with E-state index in [4.69, 9.17) is 9.47 Å². The molecular weight excluding hydrogens is 402 g/mol. The van der Waals surface area contributed by atoms with Gasteiger partial charge in [0.1, 0.15) is 10.5 Å². The first kappa shape index (κ1) is 18.6. The predicted octanol–water partition coefficient (Wildman–Crippen LogP) is 3.81. The van der Waals surface area contributed by atoms with Gasteiger partial charge in [0.05, 0.1) is 12.2 Å². The highest BCUT2D eigenvalue weighted by atomic mass is 32.1. The molecule has 2 aliphatic heterocycles. The van der Waals surface area contributed by atoms with Crippen molar-refractivity contribution in [1.82, 2.24) is 15.2 Å². The number of nitrogens with zero attached hydrogens (tertiary/aromatic N) is 2. The summed E-state index contributed by atoms with van der Waals surface area (Å²) in [5.41, 5.74) is 2.34. The van der Waals surface area contributed by atoms with Gasteiger partial charge in [0, 0.05) is 10.9 Å². The zero-order valence-electron chi connectivity index (χ0n) is 16.5. The second-order valence-corrected chi connectivity index (χ2v) is 8.38. The zero-order chi connectivity index (χ0) is 20.9. The van der Waals surface area contributed by atoms with Crippen molar-refractivity contribution in [3.8, 4) is 22.1 Å². The highest BCUT2D eigenvalue weighted by Crippen LogP contribution is 2.38. The van der Waals surface area contributed by atoms with Gasteiger partial charge in [-0.2, -0.15) is 0 Å². The van der Waals surface area contributed by atoms with Gasteiger partial charge >= 0.3 is 6.03 Å². The number of aryl methyl sites for hydroxylation is 1. The molecule has 1 saturated heterocycles. The molecule has 1 unspecified atom stereocenters. The number of aromatic nitrogens is 1. The van der Waals surface area contributed by atoms with E-state index >= 15 is 0 Å². The third kappa shape index (κ3) is 3.00. The number of hydrogen-bond acceptors (Lipinski definition) is 6. The number of rotatable bonds is 4. The minimum absolute atomic E-state index is 0.118. The molecule has 1 N–H and O–H groups in total. The fourth-order valence-corrected chi connectivity index (χ4v) is 4.43. The second kappa shape index (κ2) is 6.84. The number of ether oxygens (including phenoxy) is 2. The summed E-state index contributed by atoms with van der Waals surface area (Å²) in [6.07, 6.45) is 0. The van der Waals surface area contributed by atoms with Crippen LogP contribution in [0.25, 0.3) is 10.6 Å². The van der Waals surface area contributed by atoms with E-state index in [-0.39, 0.29) is 19.2 Å². The Morgan fingerprint density at radius 2 is 1.90 bits per heavy atom. The van der Waals surface area contributed by atoms with Crippen molar-refractivity contribution in [3.05, 3.63) is 64.7 Å². The summed E-state index contributed by atoms with van der Waals surface area (Å²) >= 11 is 1.49. The Morgan fingerprint density at radius 3 is 2.70 bits per heavy atom. The van der Waals surface area contributed by atoms with Crippen LogP contribution in [0.1, 0.15) is 23.7 Å². The molecule has 0 saturated carbocycles. The lowest BCUT2D eigenvalue weighted by Gasteiger charge is -2.22. The van der Waals surface area contributed by atoms with E-state index in [0.29, 0.717) is 22.8 Å². The summed E-state index contributed by atoms with van der Waals surface area (Å²) < 4.78 is 10.7. The van der Waals surface area contributed by atoms with Crippen molar-refractivity contribution in [1.29, 1.82) is 0 Å². The Labute approximate surface area is 177 Å². The van der Waals surface area contributed by atoms with Gasteiger partial charge in [0.25, 0.3) is 5.91 Å². The standard InChI is InChI=1S/C22H19N3O4S/c1-13-3-5-14(6-4-13)19-23-16(11-30-19)10-25-20(26)22(2,24-21(25)27)15-7-8-17-18(9-15)29-12-28-17/h3-9,11H,10,12H2,1-2H3,(H,24,27). The van der Waals surface area contributed by atoms with E-state index in [1.54, 1.807) is 25.1 Å². The van der Waals surface area contributed by atoms with Crippen LogP contribution in [0.2, 0.25) is 0 Å². The number of hydrogen-bond donors (Lipinski definition) is 1. The van der Waals surface area contributed by atoms with Crippen LogP contribution >= 0.6 is 11.3 Å². The average Bonchev–Trinajstić information content (AvgIpc) is 3.44. The average molecular weight is 421 g/mol. The molecule has 8 heteroatoms. The Balaban J connectivity index is 1.38. The molecule has 30 heavy (non-hydrogen) atoms. The van der Waals surface area contributed by atoms with E-state index in [1.807, 2.05) is 36.6 Å². The van der Waals surface area contributed by atoms with E-state index in [2.05, 4.69) is 10.3 Å². The summed E-state index contributed by atoms with van der Waals surface area (Å²) in [5.74, 6) is 0.870. The van der Waals surface area contributed by atoms with Gasteiger partial charge in [0.15, 0.2) is 11.5 Å². The molecule has 0 bridgehead atoms. The molecule has 1 atom stereocenters. The number of nitrogens with one attached hydrogen (secondary N) is 1. The quantitative estimate of drug-likeness (QED) is 0.648. The van der Waals surface area contributed by atoms with Crippen molar-refractivity contribution >= 4 is 23.3 Å². The van der Waals surface area contributed by atoms with Crippen molar-refractivity contribution in [2.75, 3.05) is 6.79 Å². The summed E-state index contributed by atoms with van der Waals surface area (Å²) in [6, 6.07) is 12.9. The second-order valence-electron chi connectivity index (χ2n) is 7.52. The van der Waals surface area contributed by atoms with E-state index in [0.717, 1.165) is 10.6 Å². The molecule has 0 aliphatic carbocycles. The third-order valence-corrected chi connectivity index (χ3v) is 6.34.